The van der Waals surface area contributed by atoms with Gasteiger partial charge in [-0.1, -0.05) is 205 Å². The number of hydrogen-bond acceptors (Lipinski definition) is 4. The monoisotopic (exact) mass is 867 g/mol. The van der Waals surface area contributed by atoms with Gasteiger partial charge in [0.1, 0.15) is 11.5 Å². The molecule has 0 radical (unpaired) electrons. The Morgan fingerprint density at radius 1 is 0.344 bits per heavy atom. The van der Waals surface area contributed by atoms with E-state index in [-0.39, 0.29) is 11.1 Å². The molecule has 0 unspecified atom stereocenters. The number of benzene rings is 5. The minimum Gasteiger partial charge on any atom is -0.423 e. The van der Waals surface area contributed by atoms with E-state index in [9.17, 15) is 9.59 Å². The first kappa shape index (κ1) is 50.6. The molecule has 0 saturated carbocycles. The van der Waals surface area contributed by atoms with Crippen LogP contribution in [0.15, 0.2) is 84.9 Å². The second-order valence-electron chi connectivity index (χ2n) is 18.7. The molecule has 0 saturated heterocycles. The van der Waals surface area contributed by atoms with Crippen molar-refractivity contribution in [2.45, 2.75) is 207 Å². The summed E-state index contributed by atoms with van der Waals surface area (Å²) in [6.07, 6.45) is 33.5. The largest absolute Gasteiger partial charge is 0.423 e. The molecule has 0 amide bonds. The fourth-order valence-corrected chi connectivity index (χ4v) is 9.20. The van der Waals surface area contributed by atoms with Gasteiger partial charge in [-0.05, 0) is 132 Å². The average Bonchev–Trinajstić information content (AvgIpc) is 3.31. The van der Waals surface area contributed by atoms with Crippen molar-refractivity contribution in [3.8, 4) is 11.5 Å². The fourth-order valence-electron chi connectivity index (χ4n) is 9.20. The summed E-state index contributed by atoms with van der Waals surface area (Å²) in [7, 11) is 0. The molecule has 0 heterocycles. The van der Waals surface area contributed by atoms with Crippen LogP contribution in [0.25, 0.3) is 21.5 Å². The highest BCUT2D eigenvalue weighted by Crippen LogP contribution is 2.33. The van der Waals surface area contributed by atoms with Crippen molar-refractivity contribution in [1.82, 2.24) is 0 Å². The van der Waals surface area contributed by atoms with Gasteiger partial charge >= 0.3 is 11.9 Å². The lowest BCUT2D eigenvalue weighted by atomic mass is 9.97. The van der Waals surface area contributed by atoms with Crippen molar-refractivity contribution < 1.29 is 19.1 Å². The number of ether oxygens (including phenoxy) is 2. The summed E-state index contributed by atoms with van der Waals surface area (Å²) in [6.45, 7) is 9.03. The van der Waals surface area contributed by atoms with Gasteiger partial charge in [0.15, 0.2) is 0 Å². The maximum absolute atomic E-state index is 14.2. The van der Waals surface area contributed by atoms with E-state index in [1.54, 1.807) is 24.3 Å². The first-order valence-corrected chi connectivity index (χ1v) is 26.1. The fraction of sp³-hybridized carbons (Fsp3) is 0.533. The number of fused-ring (bicyclic) bond motifs is 2. The van der Waals surface area contributed by atoms with Crippen molar-refractivity contribution >= 4 is 33.5 Å². The van der Waals surface area contributed by atoms with Crippen LogP contribution in [0.1, 0.15) is 225 Å². The minimum absolute atomic E-state index is 0.213. The molecular weight excluding hydrogens is 785 g/mol. The Bertz CT molecular complexity index is 1990. The Labute approximate surface area is 388 Å². The average molecular weight is 867 g/mol. The molecule has 0 spiro atoms. The quantitative estimate of drug-likeness (QED) is 0.0245. The number of unbranched alkanes of at least 4 members (excludes halogenated alkanes) is 20. The predicted octanol–water partition coefficient (Wildman–Crippen LogP) is 18.0. The summed E-state index contributed by atoms with van der Waals surface area (Å²) in [6, 6.07) is 28.9. The third kappa shape index (κ3) is 16.8. The van der Waals surface area contributed by atoms with E-state index < -0.39 is 11.9 Å². The molecule has 0 N–H and O–H groups in total. The van der Waals surface area contributed by atoms with E-state index >= 15 is 0 Å². The van der Waals surface area contributed by atoms with Gasteiger partial charge in [-0.25, -0.2) is 9.59 Å². The van der Waals surface area contributed by atoms with Crippen LogP contribution >= 0.6 is 0 Å². The minimum atomic E-state index is -0.542. The molecule has 0 aromatic heterocycles. The Kier molecular flexibility index (Phi) is 23.0. The molecule has 0 fully saturated rings. The van der Waals surface area contributed by atoms with E-state index in [0.717, 1.165) is 73.3 Å². The highest BCUT2D eigenvalue weighted by Gasteiger charge is 2.23. The lowest BCUT2D eigenvalue weighted by molar-refractivity contribution is 0.0690. The number of aryl methyl sites for hydroxylation is 4. The molecule has 0 bridgehead atoms. The SMILES string of the molecule is CCCCCCCCc1ccc2cc(OC(=O)c3ccccc3C(=O)Oc3cc4ccc(CCCCCCCC)cc4cc3CCCCCCCC)c(CCCCCCCC)cc2c1. The zero-order valence-electron chi connectivity index (χ0n) is 40.5. The Balaban J connectivity index is 1.35. The second kappa shape index (κ2) is 29.2. The van der Waals surface area contributed by atoms with Gasteiger partial charge in [0, 0.05) is 0 Å². The molecule has 4 heteroatoms. The molecule has 346 valence electrons. The third-order valence-corrected chi connectivity index (χ3v) is 13.2. The predicted molar refractivity (Wildman–Crippen MR) is 273 cm³/mol. The van der Waals surface area contributed by atoms with Crippen LogP contribution in [-0.4, -0.2) is 11.9 Å². The van der Waals surface area contributed by atoms with Crippen molar-refractivity contribution in [2.24, 2.45) is 0 Å². The Morgan fingerprint density at radius 2 is 0.672 bits per heavy atom. The molecule has 0 aliphatic heterocycles. The van der Waals surface area contributed by atoms with Crippen LogP contribution < -0.4 is 9.47 Å². The molecule has 5 aromatic carbocycles. The molecule has 0 atom stereocenters. The summed E-state index contributed by atoms with van der Waals surface area (Å²) in [5.74, 6) is 0.0630. The van der Waals surface area contributed by atoms with E-state index in [0.29, 0.717) is 11.5 Å². The van der Waals surface area contributed by atoms with E-state index in [1.807, 2.05) is 12.1 Å². The molecule has 0 aliphatic carbocycles. The maximum Gasteiger partial charge on any atom is 0.344 e. The van der Waals surface area contributed by atoms with Crippen LogP contribution in [-0.2, 0) is 25.7 Å². The van der Waals surface area contributed by atoms with E-state index in [2.05, 4.69) is 76.2 Å². The van der Waals surface area contributed by atoms with E-state index in [4.69, 9.17) is 9.47 Å². The topological polar surface area (TPSA) is 52.6 Å². The normalized spacial score (nSPS) is 11.4. The zero-order chi connectivity index (χ0) is 45.2. The number of carbonyl (C=O) groups is 2. The summed E-state index contributed by atoms with van der Waals surface area (Å²) >= 11 is 0. The Hall–Kier alpha value is -4.44. The van der Waals surface area contributed by atoms with Crippen LogP contribution in [0.3, 0.4) is 0 Å². The molecular formula is C60H82O4. The maximum atomic E-state index is 14.2. The van der Waals surface area contributed by atoms with Crippen LogP contribution in [0.4, 0.5) is 0 Å². The van der Waals surface area contributed by atoms with Crippen molar-refractivity contribution in [2.75, 3.05) is 0 Å². The first-order chi connectivity index (χ1) is 31.4. The van der Waals surface area contributed by atoms with Gasteiger partial charge in [0.05, 0.1) is 11.1 Å². The van der Waals surface area contributed by atoms with Crippen LogP contribution in [0.5, 0.6) is 11.5 Å². The van der Waals surface area contributed by atoms with Gasteiger partial charge in [0.2, 0.25) is 0 Å². The summed E-state index contributed by atoms with van der Waals surface area (Å²) < 4.78 is 12.6. The molecule has 4 nitrogen and oxygen atoms in total. The van der Waals surface area contributed by atoms with E-state index in [1.165, 1.54) is 150 Å². The standard InChI is InChI=1S/C60H82O4/c1-5-9-13-17-21-25-31-47-37-39-49-45-57(51(43-53(49)41-47)33-27-23-19-15-11-7-3)63-59(61)55-35-29-30-36-56(55)60(62)64-58-46-50-40-38-48(32-26-22-18-14-10-6-2)42-54(50)44-52(58)34-28-24-20-16-12-8-4/h29-30,35-46H,5-28,31-34H2,1-4H3. The second-order valence-corrected chi connectivity index (χ2v) is 18.7. The molecule has 5 aromatic rings. The lowest BCUT2D eigenvalue weighted by Crippen LogP contribution is -2.18. The smallest absolute Gasteiger partial charge is 0.344 e. The van der Waals surface area contributed by atoms with Crippen molar-refractivity contribution in [3.63, 3.8) is 0 Å². The van der Waals surface area contributed by atoms with Gasteiger partial charge in [-0.3, -0.25) is 0 Å². The Morgan fingerprint density at radius 3 is 1.03 bits per heavy atom. The highest BCUT2D eigenvalue weighted by molar-refractivity contribution is 6.05. The van der Waals surface area contributed by atoms with Crippen LogP contribution in [0, 0.1) is 0 Å². The summed E-state index contributed by atoms with van der Waals surface area (Å²) in [5.41, 5.74) is 5.23. The van der Waals surface area contributed by atoms with Gasteiger partial charge < -0.3 is 9.47 Å². The van der Waals surface area contributed by atoms with Crippen LogP contribution in [0.2, 0.25) is 0 Å². The summed E-state index contributed by atoms with van der Waals surface area (Å²) in [5, 5.41) is 4.49. The van der Waals surface area contributed by atoms with Gasteiger partial charge in [0.25, 0.3) is 0 Å². The van der Waals surface area contributed by atoms with Gasteiger partial charge in [-0.15, -0.1) is 0 Å². The molecule has 64 heavy (non-hydrogen) atoms. The third-order valence-electron chi connectivity index (χ3n) is 13.2. The zero-order valence-corrected chi connectivity index (χ0v) is 40.5. The van der Waals surface area contributed by atoms with Crippen molar-refractivity contribution in [3.05, 3.63) is 118 Å². The number of rotatable bonds is 32. The first-order valence-electron chi connectivity index (χ1n) is 26.1. The van der Waals surface area contributed by atoms with Gasteiger partial charge in [-0.2, -0.15) is 0 Å². The lowest BCUT2D eigenvalue weighted by Gasteiger charge is -2.16. The summed E-state index contributed by atoms with van der Waals surface area (Å²) in [4.78, 5) is 28.5. The number of carbonyl (C=O) groups excluding carboxylic acids is 2. The number of hydrogen-bond donors (Lipinski definition) is 0. The van der Waals surface area contributed by atoms with Crippen molar-refractivity contribution in [1.29, 1.82) is 0 Å². The number of esters is 2. The molecule has 0 aliphatic rings. The highest BCUT2D eigenvalue weighted by atomic mass is 16.5. The molecule has 5 rings (SSSR count).